The van der Waals surface area contributed by atoms with E-state index in [0.29, 0.717) is 39.5 Å². The molecule has 0 aliphatic heterocycles. The van der Waals surface area contributed by atoms with E-state index in [2.05, 4.69) is 36.2 Å². The van der Waals surface area contributed by atoms with Crippen LogP contribution in [0.15, 0.2) is 42.5 Å². The Morgan fingerprint density at radius 3 is 2.69 bits per heavy atom. The van der Waals surface area contributed by atoms with E-state index in [1.54, 1.807) is 36.4 Å². The first-order valence-electron chi connectivity index (χ1n) is 8.54. The lowest BCUT2D eigenvalue weighted by Crippen LogP contribution is -2.13. The minimum atomic E-state index is -0.395. The van der Waals surface area contributed by atoms with Gasteiger partial charge >= 0.3 is 0 Å². The zero-order valence-electron chi connectivity index (χ0n) is 15.1. The van der Waals surface area contributed by atoms with E-state index >= 15 is 0 Å². The van der Waals surface area contributed by atoms with Gasteiger partial charge in [-0.15, -0.1) is 5.10 Å². The van der Waals surface area contributed by atoms with Gasteiger partial charge in [0.2, 0.25) is 5.91 Å². The summed E-state index contributed by atoms with van der Waals surface area (Å²) in [5.41, 5.74) is 2.86. The molecule has 2 aromatic carbocycles. The van der Waals surface area contributed by atoms with Crippen LogP contribution in [0.2, 0.25) is 0 Å². The van der Waals surface area contributed by atoms with Gasteiger partial charge in [-0.1, -0.05) is 12.1 Å². The third kappa shape index (κ3) is 3.52. The topological polar surface area (TPSA) is 152 Å². The maximum Gasteiger partial charge on any atom is 0.272 e. The molecule has 4 aromatic rings. The Morgan fingerprint density at radius 1 is 1.10 bits per heavy atom. The van der Waals surface area contributed by atoms with Crippen molar-refractivity contribution >= 4 is 34.1 Å². The van der Waals surface area contributed by atoms with Gasteiger partial charge < -0.3 is 15.6 Å². The Kier molecular flexibility index (Phi) is 4.46. The van der Waals surface area contributed by atoms with Crippen LogP contribution in [0.25, 0.3) is 22.3 Å². The van der Waals surface area contributed by atoms with Crippen molar-refractivity contribution in [2.45, 2.75) is 6.92 Å². The second kappa shape index (κ2) is 7.24. The number of nitriles is 1. The van der Waals surface area contributed by atoms with Crippen LogP contribution in [-0.2, 0) is 4.79 Å². The average molecular weight is 386 g/mol. The summed E-state index contributed by atoms with van der Waals surface area (Å²) in [6, 6.07) is 13.9. The number of aromatic nitrogens is 5. The zero-order valence-corrected chi connectivity index (χ0v) is 15.1. The molecule has 0 spiro atoms. The predicted molar refractivity (Wildman–Crippen MR) is 105 cm³/mol. The Hall–Kier alpha value is -4.52. The highest BCUT2D eigenvalue weighted by atomic mass is 16.2. The minimum Gasteiger partial charge on any atom is -0.349 e. The third-order valence-electron chi connectivity index (χ3n) is 4.21. The molecule has 0 saturated heterocycles. The molecule has 4 N–H and O–H groups in total. The summed E-state index contributed by atoms with van der Waals surface area (Å²) in [7, 11) is 0. The van der Waals surface area contributed by atoms with Crippen LogP contribution in [0.1, 0.15) is 23.0 Å². The highest BCUT2D eigenvalue weighted by Gasteiger charge is 2.16. The number of anilines is 2. The lowest BCUT2D eigenvalue weighted by molar-refractivity contribution is -0.114. The number of hydrogen-bond acceptors (Lipinski definition) is 6. The maximum absolute atomic E-state index is 12.8. The molecule has 0 bridgehead atoms. The van der Waals surface area contributed by atoms with E-state index in [-0.39, 0.29) is 5.91 Å². The Labute approximate surface area is 163 Å². The highest BCUT2D eigenvalue weighted by molar-refractivity contribution is 6.09. The summed E-state index contributed by atoms with van der Waals surface area (Å²) in [6.07, 6.45) is 0. The van der Waals surface area contributed by atoms with Gasteiger partial charge in [0, 0.05) is 17.9 Å². The summed E-state index contributed by atoms with van der Waals surface area (Å²) in [5, 5.41) is 29.0. The molecule has 10 nitrogen and oxygen atoms in total. The normalized spacial score (nSPS) is 10.5. The molecule has 2 aromatic heterocycles. The molecular weight excluding hydrogens is 372 g/mol. The van der Waals surface area contributed by atoms with Crippen LogP contribution in [-0.4, -0.2) is 37.4 Å². The maximum atomic E-state index is 12.8. The first-order valence-corrected chi connectivity index (χ1v) is 8.54. The summed E-state index contributed by atoms with van der Waals surface area (Å²) in [5.74, 6) is -0.281. The smallest absolute Gasteiger partial charge is 0.272 e. The fourth-order valence-corrected chi connectivity index (χ4v) is 2.95. The molecule has 0 atom stereocenters. The number of para-hydroxylation sites is 1. The van der Waals surface area contributed by atoms with E-state index in [1.165, 1.54) is 6.92 Å². The van der Waals surface area contributed by atoms with E-state index in [0.717, 1.165) is 5.39 Å². The van der Waals surface area contributed by atoms with Gasteiger partial charge in [0.05, 0.1) is 28.5 Å². The number of rotatable bonds is 4. The summed E-state index contributed by atoms with van der Waals surface area (Å²) in [6.45, 7) is 1.42. The molecule has 2 heterocycles. The Balaban J connectivity index is 1.69. The van der Waals surface area contributed by atoms with Crippen molar-refractivity contribution in [3.63, 3.8) is 0 Å². The van der Waals surface area contributed by atoms with Crippen molar-refractivity contribution in [2.24, 2.45) is 0 Å². The van der Waals surface area contributed by atoms with Crippen LogP contribution < -0.4 is 10.6 Å². The number of hydrogen-bond donors (Lipinski definition) is 4. The minimum absolute atomic E-state index is 0.207. The van der Waals surface area contributed by atoms with Crippen molar-refractivity contribution in [1.29, 1.82) is 5.26 Å². The lowest BCUT2D eigenvalue weighted by atomic mass is 10.1. The third-order valence-corrected chi connectivity index (χ3v) is 4.21. The highest BCUT2D eigenvalue weighted by Crippen LogP contribution is 2.28. The molecule has 29 heavy (non-hydrogen) atoms. The molecule has 10 heteroatoms. The average Bonchev–Trinajstić information content (AvgIpc) is 3.38. The first kappa shape index (κ1) is 17.9. The van der Waals surface area contributed by atoms with Crippen LogP contribution in [0.4, 0.5) is 11.4 Å². The molecule has 4 rings (SSSR count). The number of nitrogens with one attached hydrogen (secondary N) is 4. The predicted octanol–water partition coefficient (Wildman–Crippen LogP) is 2.43. The summed E-state index contributed by atoms with van der Waals surface area (Å²) < 4.78 is 0. The zero-order chi connectivity index (χ0) is 20.4. The number of carbonyl (C=O) groups is 2. The van der Waals surface area contributed by atoms with Crippen molar-refractivity contribution in [1.82, 2.24) is 25.6 Å². The molecule has 0 radical (unpaired) electrons. The fourth-order valence-electron chi connectivity index (χ4n) is 2.95. The van der Waals surface area contributed by atoms with Gasteiger partial charge in [0.1, 0.15) is 5.69 Å². The van der Waals surface area contributed by atoms with Crippen LogP contribution >= 0.6 is 0 Å². The van der Waals surface area contributed by atoms with Gasteiger partial charge in [0.25, 0.3) is 5.91 Å². The number of amides is 2. The van der Waals surface area contributed by atoms with Crippen molar-refractivity contribution in [3.8, 4) is 17.5 Å². The monoisotopic (exact) mass is 386 g/mol. The van der Waals surface area contributed by atoms with Gasteiger partial charge in [-0.25, -0.2) is 5.10 Å². The van der Waals surface area contributed by atoms with Crippen molar-refractivity contribution < 1.29 is 9.59 Å². The van der Waals surface area contributed by atoms with Crippen LogP contribution in [0.5, 0.6) is 0 Å². The number of benzene rings is 2. The first-order chi connectivity index (χ1) is 14.0. The van der Waals surface area contributed by atoms with E-state index in [9.17, 15) is 9.59 Å². The SMILES string of the molecule is CC(=O)Nc1cccc2cc(C(=O)Nc3ccc(C#N)cc3-c3nnn[nH]3)[nH]c12. The number of aromatic amines is 2. The fraction of sp³-hybridized carbons (Fsp3) is 0.0526. The summed E-state index contributed by atoms with van der Waals surface area (Å²) in [4.78, 5) is 27.3. The molecule has 142 valence electrons. The van der Waals surface area contributed by atoms with Crippen molar-refractivity contribution in [3.05, 3.63) is 53.7 Å². The van der Waals surface area contributed by atoms with Gasteiger partial charge in [-0.2, -0.15) is 5.26 Å². The number of H-pyrrole nitrogens is 2. The van der Waals surface area contributed by atoms with Gasteiger partial charge in [-0.05, 0) is 40.8 Å². The standard InChI is InChI=1S/C19H14N8O2/c1-10(28)21-15-4-2-3-12-8-16(22-17(12)15)19(29)23-14-6-5-11(9-20)7-13(14)18-24-26-27-25-18/h2-8,22H,1H3,(H,21,28)(H,23,29)(H,24,25,26,27). The molecule has 2 amide bonds. The molecule has 0 fully saturated rings. The summed E-state index contributed by atoms with van der Waals surface area (Å²) >= 11 is 0. The number of fused-ring (bicyclic) bond motifs is 1. The quantitative estimate of drug-likeness (QED) is 0.423. The van der Waals surface area contributed by atoms with E-state index in [1.807, 2.05) is 12.1 Å². The van der Waals surface area contributed by atoms with E-state index < -0.39 is 5.91 Å². The molecule has 0 aliphatic rings. The lowest BCUT2D eigenvalue weighted by Gasteiger charge is -2.09. The Bertz CT molecular complexity index is 1270. The molecule has 0 unspecified atom stereocenters. The van der Waals surface area contributed by atoms with Crippen molar-refractivity contribution in [2.75, 3.05) is 10.6 Å². The number of carbonyl (C=O) groups excluding carboxylic acids is 2. The molecule has 0 saturated carbocycles. The van der Waals surface area contributed by atoms with Gasteiger partial charge in [0.15, 0.2) is 5.82 Å². The second-order valence-electron chi connectivity index (χ2n) is 6.21. The van der Waals surface area contributed by atoms with Crippen LogP contribution in [0, 0.1) is 11.3 Å². The van der Waals surface area contributed by atoms with E-state index in [4.69, 9.17) is 5.26 Å². The number of tetrazole rings is 1. The Morgan fingerprint density at radius 2 is 1.97 bits per heavy atom. The molecule has 0 aliphatic carbocycles. The largest absolute Gasteiger partial charge is 0.349 e. The number of nitrogens with zero attached hydrogens (tertiary/aromatic N) is 4. The van der Waals surface area contributed by atoms with Gasteiger partial charge in [-0.3, -0.25) is 9.59 Å². The molecular formula is C19H14N8O2. The second-order valence-corrected chi connectivity index (χ2v) is 6.21. The van der Waals surface area contributed by atoms with Crippen LogP contribution in [0.3, 0.4) is 0 Å².